The van der Waals surface area contributed by atoms with E-state index in [2.05, 4.69) is 60.5 Å². The van der Waals surface area contributed by atoms with Gasteiger partial charge in [0, 0.05) is 84.3 Å². The lowest BCUT2D eigenvalue weighted by molar-refractivity contribution is -0.137. The van der Waals surface area contributed by atoms with Gasteiger partial charge in [0.1, 0.15) is 18.7 Å². The number of nitrogens with zero attached hydrogens (tertiary/aromatic N) is 14. The highest BCUT2D eigenvalue weighted by Gasteiger charge is 2.35. The van der Waals surface area contributed by atoms with Crippen molar-refractivity contribution >= 4 is 48.0 Å². The Morgan fingerprint density at radius 3 is 2.01 bits per heavy atom. The van der Waals surface area contributed by atoms with Crippen LogP contribution in [-0.2, 0) is 36.6 Å². The van der Waals surface area contributed by atoms with Crippen LogP contribution in [0.1, 0.15) is 76.3 Å². The summed E-state index contributed by atoms with van der Waals surface area (Å²) in [7, 11) is 0. The van der Waals surface area contributed by atoms with Crippen LogP contribution in [0.2, 0.25) is 0 Å². The van der Waals surface area contributed by atoms with E-state index in [1.165, 1.54) is 0 Å². The van der Waals surface area contributed by atoms with Crippen LogP contribution in [-0.4, -0.2) is 195 Å². The highest BCUT2D eigenvalue weighted by molar-refractivity contribution is 5.85. The molecule has 2 saturated heterocycles. The average Bonchev–Trinajstić information content (AvgIpc) is 4.00. The fourth-order valence-electron chi connectivity index (χ4n) is 7.76. The number of unbranched alkanes of at least 4 members (excludes halogenated alkanes) is 1. The average molecular weight is 974 g/mol. The zero-order valence-electron chi connectivity index (χ0n) is 39.9. The van der Waals surface area contributed by atoms with E-state index in [4.69, 9.17) is 52.8 Å². The number of aliphatic imine (C=N–C) groups is 1. The first-order valence-electron chi connectivity index (χ1n) is 23.5. The Morgan fingerprint density at radius 1 is 0.824 bits per heavy atom. The normalized spacial score (nSPS) is 15.8. The van der Waals surface area contributed by atoms with Gasteiger partial charge < -0.3 is 61.4 Å². The molecule has 0 aromatic carbocycles. The number of carbonyl (C=O) groups excluding carboxylic acids is 2. The minimum atomic E-state index is -0.576. The van der Waals surface area contributed by atoms with Gasteiger partial charge in [-0.05, 0) is 51.5 Å². The van der Waals surface area contributed by atoms with Crippen molar-refractivity contribution in [3.63, 3.8) is 0 Å². The molecule has 3 aromatic heterocycles. The van der Waals surface area contributed by atoms with Gasteiger partial charge in [0.05, 0.1) is 50.5 Å². The Kier molecular flexibility index (Phi) is 23.9. The first kappa shape index (κ1) is 55.1. The molecule has 1 unspecified atom stereocenters. The number of piperazine rings is 2. The topological polar surface area (TPSA) is 298 Å². The summed E-state index contributed by atoms with van der Waals surface area (Å²) in [5, 5.41) is 30.4. The zero-order valence-corrected chi connectivity index (χ0v) is 40.7. The number of aliphatic hydroxyl groups is 1. The number of halogens is 1. The van der Waals surface area contributed by atoms with Crippen molar-refractivity contribution in [3.05, 3.63) is 23.8 Å². The third kappa shape index (κ3) is 17.3. The van der Waals surface area contributed by atoms with Crippen molar-refractivity contribution in [1.82, 2.24) is 54.7 Å². The largest absolute Gasteiger partial charge is 0.393 e. The summed E-state index contributed by atoms with van der Waals surface area (Å²) in [6, 6.07) is -1.05. The van der Waals surface area contributed by atoms with Gasteiger partial charge in [-0.3, -0.25) is 14.6 Å². The van der Waals surface area contributed by atoms with Gasteiger partial charge in [0.2, 0.25) is 29.7 Å². The van der Waals surface area contributed by atoms with Crippen molar-refractivity contribution in [1.29, 1.82) is 0 Å². The lowest BCUT2D eigenvalue weighted by Crippen LogP contribution is -2.52. The number of hydrogen-bond acceptors (Lipinski definition) is 18. The van der Waals surface area contributed by atoms with Crippen LogP contribution in [0.15, 0.2) is 17.4 Å². The first-order valence-corrected chi connectivity index (χ1v) is 23.5. The van der Waals surface area contributed by atoms with Crippen LogP contribution in [0.5, 0.6) is 0 Å². The van der Waals surface area contributed by atoms with Crippen molar-refractivity contribution in [3.8, 4) is 12.3 Å². The summed E-state index contributed by atoms with van der Waals surface area (Å²) in [5.41, 5.74) is 18.1. The SMILES string of the molecule is C#CCOCCOCCOCCNc1nc(N2CCN(C(=O)[C@H]([C@@H](C)CC)n3cc(CCCN=C(N)N)nn3)CC2)nc(N2CCN(C(=O)[C@H](CCCCN)n3cc(CC(C)O)nn3)CC2)n1.Cl. The highest BCUT2D eigenvalue weighted by atomic mass is 35.5. The fourth-order valence-corrected chi connectivity index (χ4v) is 7.76. The van der Waals surface area contributed by atoms with Crippen LogP contribution in [0.4, 0.5) is 17.8 Å². The summed E-state index contributed by atoms with van der Waals surface area (Å²) < 4.78 is 19.8. The molecule has 2 amide bonds. The summed E-state index contributed by atoms with van der Waals surface area (Å²) in [4.78, 5) is 54.8. The summed E-state index contributed by atoms with van der Waals surface area (Å²) in [6.07, 6.45) is 12.8. The molecule has 0 spiro atoms. The van der Waals surface area contributed by atoms with Crippen molar-refractivity contribution < 1.29 is 28.9 Å². The highest BCUT2D eigenvalue weighted by Crippen LogP contribution is 2.26. The molecule has 0 radical (unpaired) electrons. The summed E-state index contributed by atoms with van der Waals surface area (Å²) >= 11 is 0. The van der Waals surface area contributed by atoms with Gasteiger partial charge in [-0.1, -0.05) is 36.6 Å². The van der Waals surface area contributed by atoms with E-state index < -0.39 is 18.2 Å². The molecule has 24 nitrogen and oxygen atoms in total. The number of nitrogens with two attached hydrogens (primary N) is 3. The van der Waals surface area contributed by atoms with E-state index in [1.54, 1.807) is 22.5 Å². The number of carbonyl (C=O) groups is 2. The lowest BCUT2D eigenvalue weighted by Gasteiger charge is -2.38. The second-order valence-corrected chi connectivity index (χ2v) is 16.8. The van der Waals surface area contributed by atoms with Crippen molar-refractivity contribution in [2.75, 3.05) is 127 Å². The number of guanidine groups is 1. The van der Waals surface area contributed by atoms with Gasteiger partial charge in [-0.2, -0.15) is 15.0 Å². The van der Waals surface area contributed by atoms with Crippen LogP contribution in [0.25, 0.3) is 0 Å². The predicted octanol–water partition coefficient (Wildman–Crippen LogP) is -0.344. The number of ether oxygens (including phenoxy) is 3. The minimum absolute atomic E-state index is 0. The van der Waals surface area contributed by atoms with Crippen molar-refractivity contribution in [2.24, 2.45) is 28.1 Å². The number of rotatable bonds is 29. The molecule has 0 saturated carbocycles. The number of aryl methyl sites for hydroxylation is 1. The summed E-state index contributed by atoms with van der Waals surface area (Å²) in [6.45, 7) is 13.4. The third-order valence-corrected chi connectivity index (χ3v) is 11.6. The molecule has 4 atom stereocenters. The minimum Gasteiger partial charge on any atom is -0.393 e. The fraction of sp³-hybridized carbons (Fsp3) is 0.721. The number of hydrogen-bond donors (Lipinski definition) is 5. The smallest absolute Gasteiger partial charge is 0.247 e. The van der Waals surface area contributed by atoms with E-state index in [9.17, 15) is 14.7 Å². The molecule has 378 valence electrons. The van der Waals surface area contributed by atoms with Crippen LogP contribution in [0, 0.1) is 18.3 Å². The van der Waals surface area contributed by atoms with E-state index in [0.717, 1.165) is 25.0 Å². The maximum absolute atomic E-state index is 14.2. The molecular weight excluding hydrogens is 900 g/mol. The molecule has 0 aliphatic carbocycles. The number of amides is 2. The maximum Gasteiger partial charge on any atom is 0.247 e. The monoisotopic (exact) mass is 973 g/mol. The Labute approximate surface area is 405 Å². The molecule has 25 heteroatoms. The Hall–Kier alpha value is -5.45. The first-order chi connectivity index (χ1) is 32.5. The van der Waals surface area contributed by atoms with Crippen LogP contribution < -0.4 is 32.3 Å². The second-order valence-electron chi connectivity index (χ2n) is 16.8. The Morgan fingerprint density at radius 2 is 1.41 bits per heavy atom. The number of anilines is 3. The van der Waals surface area contributed by atoms with E-state index in [-0.39, 0.29) is 42.7 Å². The predicted molar refractivity (Wildman–Crippen MR) is 259 cm³/mol. The second kappa shape index (κ2) is 29.4. The lowest BCUT2D eigenvalue weighted by atomic mass is 9.97. The number of aliphatic hydroxyl groups excluding tert-OH is 1. The molecule has 0 bridgehead atoms. The van der Waals surface area contributed by atoms with Gasteiger partial charge in [0.15, 0.2) is 5.96 Å². The quantitative estimate of drug-likeness (QED) is 0.0257. The molecule has 5 heterocycles. The van der Waals surface area contributed by atoms with Crippen LogP contribution in [0.3, 0.4) is 0 Å². The van der Waals surface area contributed by atoms with Crippen LogP contribution >= 0.6 is 12.4 Å². The Bertz CT molecular complexity index is 2010. The third-order valence-electron chi connectivity index (χ3n) is 11.6. The molecule has 2 aliphatic heterocycles. The zero-order chi connectivity index (χ0) is 48.0. The summed E-state index contributed by atoms with van der Waals surface area (Å²) in [5.74, 6) is 3.80. The molecule has 68 heavy (non-hydrogen) atoms. The molecular formula is C43H73ClN18O6. The number of terminal acetylenes is 1. The van der Waals surface area contributed by atoms with E-state index >= 15 is 0 Å². The van der Waals surface area contributed by atoms with E-state index in [0.29, 0.717) is 154 Å². The van der Waals surface area contributed by atoms with Gasteiger partial charge >= 0.3 is 0 Å². The molecule has 3 aromatic rings. The van der Waals surface area contributed by atoms with Crippen molar-refractivity contribution in [2.45, 2.75) is 83.9 Å². The van der Waals surface area contributed by atoms with Gasteiger partial charge in [-0.15, -0.1) is 29.0 Å². The van der Waals surface area contributed by atoms with Gasteiger partial charge in [0.25, 0.3) is 0 Å². The number of nitrogens with one attached hydrogen (secondary N) is 1. The molecule has 8 N–H and O–H groups in total. The molecule has 2 aliphatic rings. The van der Waals surface area contributed by atoms with E-state index in [1.807, 2.05) is 16.0 Å². The van der Waals surface area contributed by atoms with Gasteiger partial charge in [-0.25, -0.2) is 9.36 Å². The Balaban J connectivity index is 0.0000101. The standard InChI is InChI=1S/C43H72N18O6.ClH/c1-5-23-65-25-27-67-28-26-66-24-14-48-41-49-42(58-19-15-56(16-20-58)38(63)36(11-7-8-12-44)60-31-35(53-54-60)29-33(4)62)51-43(50-41)59-21-17-57(18-22-59)39(64)37(32(3)6-2)61-30-34(52-55-61)10-9-13-47-40(45)46;/h1,30-33,36-37,62H,6-29,44H2,2-4H3,(H4,45,46,47)(H,48,49,50,51);1H/t32-,33?,36-,37-;/m0./s1. The maximum atomic E-state index is 14.2. The molecule has 2 fully saturated rings. The number of aromatic nitrogens is 9. The molecule has 5 rings (SSSR count).